The first-order chi connectivity index (χ1) is 10.7. The van der Waals surface area contributed by atoms with Gasteiger partial charge in [-0.15, -0.1) is 0 Å². The summed E-state index contributed by atoms with van der Waals surface area (Å²) in [5, 5.41) is 2.95. The van der Waals surface area contributed by atoms with Crippen molar-refractivity contribution in [2.45, 2.75) is 38.1 Å². The molecule has 5 heteroatoms. The molecule has 2 aliphatic rings. The zero-order valence-corrected chi connectivity index (χ0v) is 13.1. The number of nitrogens with one attached hydrogen (secondary N) is 1. The molecule has 1 unspecified atom stereocenters. The summed E-state index contributed by atoms with van der Waals surface area (Å²) in [6, 6.07) is 6.08. The average molecular weight is 304 g/mol. The van der Waals surface area contributed by atoms with Crippen LogP contribution in [0.4, 0.5) is 5.69 Å². The van der Waals surface area contributed by atoms with Crippen LogP contribution in [-0.4, -0.2) is 43.7 Å². The van der Waals surface area contributed by atoms with Gasteiger partial charge in [0.25, 0.3) is 0 Å². The van der Waals surface area contributed by atoms with Crippen molar-refractivity contribution in [3.63, 3.8) is 0 Å². The maximum Gasteiger partial charge on any atom is 0.224 e. The lowest BCUT2D eigenvalue weighted by Crippen LogP contribution is -2.36. The van der Waals surface area contributed by atoms with E-state index < -0.39 is 0 Å². The Labute approximate surface area is 131 Å². The van der Waals surface area contributed by atoms with Crippen LogP contribution in [0.2, 0.25) is 0 Å². The Morgan fingerprint density at radius 3 is 2.91 bits per heavy atom. The van der Waals surface area contributed by atoms with E-state index in [9.17, 15) is 4.79 Å². The highest BCUT2D eigenvalue weighted by molar-refractivity contribution is 5.91. The molecule has 1 fully saturated rings. The summed E-state index contributed by atoms with van der Waals surface area (Å²) in [5.41, 5.74) is 0.770. The van der Waals surface area contributed by atoms with Gasteiger partial charge >= 0.3 is 0 Å². The Morgan fingerprint density at radius 2 is 2.09 bits per heavy atom. The van der Waals surface area contributed by atoms with Crippen LogP contribution in [-0.2, 0) is 4.79 Å². The molecule has 0 radical (unpaired) electrons. The number of hydrogen-bond donors (Lipinski definition) is 1. The number of nitrogens with zero attached hydrogens (tertiary/aromatic N) is 1. The highest BCUT2D eigenvalue weighted by Gasteiger charge is 2.20. The molecule has 1 N–H and O–H groups in total. The molecule has 2 aliphatic heterocycles. The summed E-state index contributed by atoms with van der Waals surface area (Å²) in [7, 11) is 2.16. The topological polar surface area (TPSA) is 50.8 Å². The number of ether oxygens (including phenoxy) is 2. The third-order valence-corrected chi connectivity index (χ3v) is 4.45. The van der Waals surface area contributed by atoms with Crippen LogP contribution >= 0.6 is 0 Å². The van der Waals surface area contributed by atoms with Gasteiger partial charge < -0.3 is 19.7 Å². The van der Waals surface area contributed by atoms with Crippen molar-refractivity contribution < 1.29 is 14.3 Å². The number of rotatable bonds is 4. The van der Waals surface area contributed by atoms with Crippen molar-refractivity contribution >= 4 is 11.6 Å². The molecule has 22 heavy (non-hydrogen) atoms. The van der Waals surface area contributed by atoms with Gasteiger partial charge in [-0.25, -0.2) is 0 Å². The number of fused-ring (bicyclic) bond motifs is 1. The number of piperidine rings is 1. The molecular formula is C17H24N2O3. The first kappa shape index (κ1) is 15.2. The van der Waals surface area contributed by atoms with Crippen LogP contribution in [0.3, 0.4) is 0 Å². The van der Waals surface area contributed by atoms with Crippen molar-refractivity contribution in [2.24, 2.45) is 0 Å². The fourth-order valence-electron chi connectivity index (χ4n) is 3.15. The second-order valence-corrected chi connectivity index (χ2v) is 6.08. The van der Waals surface area contributed by atoms with Crippen molar-refractivity contribution in [2.75, 3.05) is 32.1 Å². The summed E-state index contributed by atoms with van der Waals surface area (Å²) >= 11 is 0. The van der Waals surface area contributed by atoms with E-state index in [4.69, 9.17) is 9.47 Å². The molecule has 1 aromatic carbocycles. The van der Waals surface area contributed by atoms with E-state index in [0.717, 1.165) is 24.4 Å². The second-order valence-electron chi connectivity index (χ2n) is 6.08. The van der Waals surface area contributed by atoms with E-state index in [0.29, 0.717) is 31.4 Å². The van der Waals surface area contributed by atoms with Crippen LogP contribution in [0, 0.1) is 0 Å². The number of benzene rings is 1. The molecule has 0 aromatic heterocycles. The molecule has 1 saturated heterocycles. The van der Waals surface area contributed by atoms with Crippen LogP contribution in [0.1, 0.15) is 32.1 Å². The highest BCUT2D eigenvalue weighted by Crippen LogP contribution is 2.32. The van der Waals surface area contributed by atoms with E-state index in [2.05, 4.69) is 17.3 Å². The number of hydrogen-bond acceptors (Lipinski definition) is 4. The van der Waals surface area contributed by atoms with Gasteiger partial charge in [-0.3, -0.25) is 4.79 Å². The zero-order valence-electron chi connectivity index (χ0n) is 13.1. The van der Waals surface area contributed by atoms with Gasteiger partial charge in [-0.1, -0.05) is 6.42 Å². The monoisotopic (exact) mass is 304 g/mol. The van der Waals surface area contributed by atoms with Crippen molar-refractivity contribution in [1.82, 2.24) is 4.90 Å². The third-order valence-electron chi connectivity index (χ3n) is 4.45. The summed E-state index contributed by atoms with van der Waals surface area (Å²) in [6.07, 6.45) is 5.24. The van der Waals surface area contributed by atoms with Crippen LogP contribution in [0.5, 0.6) is 11.5 Å². The van der Waals surface area contributed by atoms with E-state index in [-0.39, 0.29) is 5.91 Å². The first-order valence-electron chi connectivity index (χ1n) is 8.12. The van der Waals surface area contributed by atoms with Gasteiger partial charge in [0.05, 0.1) is 0 Å². The Bertz CT molecular complexity index is 533. The van der Waals surface area contributed by atoms with Gasteiger partial charge in [0.15, 0.2) is 11.5 Å². The van der Waals surface area contributed by atoms with Gasteiger partial charge in [0.2, 0.25) is 5.91 Å². The summed E-state index contributed by atoms with van der Waals surface area (Å²) in [5.74, 6) is 1.51. The van der Waals surface area contributed by atoms with Crippen molar-refractivity contribution in [3.8, 4) is 11.5 Å². The lowest BCUT2D eigenvalue weighted by atomic mass is 9.98. The Hall–Kier alpha value is -1.75. The minimum Gasteiger partial charge on any atom is -0.486 e. The van der Waals surface area contributed by atoms with E-state index in [1.165, 1.54) is 19.3 Å². The van der Waals surface area contributed by atoms with E-state index >= 15 is 0 Å². The molecule has 120 valence electrons. The zero-order chi connectivity index (χ0) is 15.4. The largest absolute Gasteiger partial charge is 0.486 e. The lowest BCUT2D eigenvalue weighted by molar-refractivity contribution is -0.116. The van der Waals surface area contributed by atoms with Crippen LogP contribution in [0.15, 0.2) is 18.2 Å². The normalized spacial score (nSPS) is 21.4. The molecular weight excluding hydrogens is 280 g/mol. The molecule has 1 atom stereocenters. The first-order valence-corrected chi connectivity index (χ1v) is 8.12. The lowest BCUT2D eigenvalue weighted by Gasteiger charge is -2.32. The molecule has 0 aliphatic carbocycles. The molecule has 0 saturated carbocycles. The Balaban J connectivity index is 1.51. The third kappa shape index (κ3) is 3.71. The predicted molar refractivity (Wildman–Crippen MR) is 85.6 cm³/mol. The summed E-state index contributed by atoms with van der Waals surface area (Å²) in [4.78, 5) is 14.5. The number of carbonyl (C=O) groups excluding carboxylic acids is 1. The molecule has 1 amide bonds. The summed E-state index contributed by atoms with van der Waals surface area (Å²) in [6.45, 7) is 2.28. The number of anilines is 1. The SMILES string of the molecule is CN1CCCCC1CCC(=O)Nc1ccc2c(c1)OCCO2. The second kappa shape index (κ2) is 7.01. The molecule has 3 rings (SSSR count). The fraction of sp³-hybridized carbons (Fsp3) is 0.588. The van der Waals surface area contributed by atoms with E-state index in [1.54, 1.807) is 0 Å². The molecule has 0 spiro atoms. The smallest absolute Gasteiger partial charge is 0.224 e. The molecule has 5 nitrogen and oxygen atoms in total. The molecule has 0 bridgehead atoms. The van der Waals surface area contributed by atoms with Gasteiger partial charge in [0.1, 0.15) is 13.2 Å². The van der Waals surface area contributed by atoms with Gasteiger partial charge in [-0.05, 0) is 45.0 Å². The van der Waals surface area contributed by atoms with Crippen LogP contribution in [0.25, 0.3) is 0 Å². The maximum absolute atomic E-state index is 12.1. The predicted octanol–water partition coefficient (Wildman–Crippen LogP) is 2.66. The van der Waals surface area contributed by atoms with Crippen molar-refractivity contribution in [3.05, 3.63) is 18.2 Å². The number of carbonyl (C=O) groups is 1. The molecule has 1 aromatic rings. The van der Waals surface area contributed by atoms with Crippen LogP contribution < -0.4 is 14.8 Å². The quantitative estimate of drug-likeness (QED) is 0.929. The van der Waals surface area contributed by atoms with Crippen molar-refractivity contribution in [1.29, 1.82) is 0 Å². The van der Waals surface area contributed by atoms with Gasteiger partial charge in [-0.2, -0.15) is 0 Å². The van der Waals surface area contributed by atoms with E-state index in [1.807, 2.05) is 18.2 Å². The number of likely N-dealkylation sites (tertiary alicyclic amines) is 1. The minimum absolute atomic E-state index is 0.0654. The average Bonchev–Trinajstić information content (AvgIpc) is 2.54. The Kier molecular flexibility index (Phi) is 4.83. The standard InChI is InChI=1S/C17H24N2O3/c1-19-9-3-2-4-14(19)6-8-17(20)18-13-5-7-15-16(12-13)22-11-10-21-15/h5,7,12,14H,2-4,6,8-11H2,1H3,(H,18,20). The number of amides is 1. The molecule has 2 heterocycles. The minimum atomic E-state index is 0.0654. The van der Waals surface area contributed by atoms with Gasteiger partial charge in [0, 0.05) is 24.2 Å². The highest BCUT2D eigenvalue weighted by atomic mass is 16.6. The summed E-state index contributed by atoms with van der Waals surface area (Å²) < 4.78 is 11.0. The maximum atomic E-state index is 12.1. The Morgan fingerprint density at radius 1 is 1.27 bits per heavy atom. The fourth-order valence-corrected chi connectivity index (χ4v) is 3.15.